The van der Waals surface area contributed by atoms with Crippen LogP contribution in [-0.2, 0) is 6.54 Å². The minimum absolute atomic E-state index is 0. The van der Waals surface area contributed by atoms with E-state index in [1.807, 2.05) is 0 Å². The van der Waals surface area contributed by atoms with Crippen LogP contribution in [0.1, 0.15) is 22.3 Å². The summed E-state index contributed by atoms with van der Waals surface area (Å²) in [5.41, 5.74) is 10.9. The Bertz CT molecular complexity index is 269. The molecule has 0 aliphatic carbocycles. The summed E-state index contributed by atoms with van der Waals surface area (Å²) in [5.74, 6) is 0. The summed E-state index contributed by atoms with van der Waals surface area (Å²) in [6.45, 7) is 7.05. The highest BCUT2D eigenvalue weighted by atomic mass is 127. The topological polar surface area (TPSA) is 26.0 Å². The molecule has 0 radical (unpaired) electrons. The van der Waals surface area contributed by atoms with Crippen LogP contribution in [0.2, 0.25) is 0 Å². The second-order valence-corrected chi connectivity index (χ2v) is 3.00. The largest absolute Gasteiger partial charge is 0.326 e. The van der Waals surface area contributed by atoms with Gasteiger partial charge in [-0.3, -0.25) is 0 Å². The standard InChI is InChI=1S/C10H15N.HI/c1-7-4-5-10(6-11)9(3)8(7)2;/h4-5H,6,11H2,1-3H3;1H. The fraction of sp³-hybridized carbons (Fsp3) is 0.400. The van der Waals surface area contributed by atoms with Crippen molar-refractivity contribution in [3.05, 3.63) is 34.4 Å². The average molecular weight is 277 g/mol. The first-order chi connectivity index (χ1) is 5.16. The highest BCUT2D eigenvalue weighted by Gasteiger charge is 2.00. The summed E-state index contributed by atoms with van der Waals surface area (Å²) in [4.78, 5) is 0. The molecule has 0 unspecified atom stereocenters. The second-order valence-electron chi connectivity index (χ2n) is 3.00. The Morgan fingerprint density at radius 3 is 2.17 bits per heavy atom. The first-order valence-corrected chi connectivity index (χ1v) is 3.92. The molecule has 0 heterocycles. The first-order valence-electron chi connectivity index (χ1n) is 3.92. The minimum Gasteiger partial charge on any atom is -0.326 e. The number of hydrogen-bond acceptors (Lipinski definition) is 1. The van der Waals surface area contributed by atoms with Gasteiger partial charge in [0.25, 0.3) is 0 Å². The number of rotatable bonds is 1. The Balaban J connectivity index is 0.00000121. The molecule has 0 saturated carbocycles. The average Bonchev–Trinajstić information content (AvgIpc) is 2.01. The van der Waals surface area contributed by atoms with Gasteiger partial charge in [0.05, 0.1) is 0 Å². The molecule has 12 heavy (non-hydrogen) atoms. The van der Waals surface area contributed by atoms with E-state index in [-0.39, 0.29) is 24.0 Å². The minimum atomic E-state index is 0. The van der Waals surface area contributed by atoms with Crippen molar-refractivity contribution in [2.45, 2.75) is 27.3 Å². The van der Waals surface area contributed by atoms with Crippen LogP contribution in [0, 0.1) is 20.8 Å². The molecule has 0 aromatic heterocycles. The monoisotopic (exact) mass is 277 g/mol. The lowest BCUT2D eigenvalue weighted by molar-refractivity contribution is 1.03. The van der Waals surface area contributed by atoms with Gasteiger partial charge in [0.1, 0.15) is 0 Å². The molecule has 1 aromatic carbocycles. The van der Waals surface area contributed by atoms with Crippen LogP contribution >= 0.6 is 24.0 Å². The molecule has 0 bridgehead atoms. The van der Waals surface area contributed by atoms with E-state index in [0.717, 1.165) is 0 Å². The Morgan fingerprint density at radius 1 is 1.08 bits per heavy atom. The Kier molecular flexibility index (Phi) is 4.78. The van der Waals surface area contributed by atoms with Gasteiger partial charge in [0.2, 0.25) is 0 Å². The third-order valence-electron chi connectivity index (χ3n) is 2.39. The lowest BCUT2D eigenvalue weighted by Crippen LogP contribution is -2.01. The van der Waals surface area contributed by atoms with E-state index in [1.165, 1.54) is 22.3 Å². The lowest BCUT2D eigenvalue weighted by Gasteiger charge is -2.08. The Morgan fingerprint density at radius 2 is 1.67 bits per heavy atom. The fourth-order valence-corrected chi connectivity index (χ4v) is 1.23. The van der Waals surface area contributed by atoms with Crippen LogP contribution in [0.15, 0.2) is 12.1 Å². The van der Waals surface area contributed by atoms with Crippen molar-refractivity contribution in [2.24, 2.45) is 5.73 Å². The van der Waals surface area contributed by atoms with Crippen LogP contribution in [-0.4, -0.2) is 0 Å². The maximum Gasteiger partial charge on any atom is 0.0180 e. The highest BCUT2D eigenvalue weighted by molar-refractivity contribution is 14.0. The molecule has 0 atom stereocenters. The molecule has 0 saturated heterocycles. The number of benzene rings is 1. The number of halogens is 1. The molecule has 0 fully saturated rings. The zero-order valence-electron chi connectivity index (χ0n) is 7.85. The second kappa shape index (κ2) is 4.82. The van der Waals surface area contributed by atoms with E-state index < -0.39 is 0 Å². The summed E-state index contributed by atoms with van der Waals surface area (Å²) in [7, 11) is 0. The van der Waals surface area contributed by atoms with Crippen LogP contribution < -0.4 is 5.73 Å². The van der Waals surface area contributed by atoms with Gasteiger partial charge in [-0.2, -0.15) is 0 Å². The summed E-state index contributed by atoms with van der Waals surface area (Å²) in [5, 5.41) is 0. The maximum absolute atomic E-state index is 5.57. The zero-order valence-corrected chi connectivity index (χ0v) is 10.2. The third-order valence-corrected chi connectivity index (χ3v) is 2.39. The Hall–Kier alpha value is -0.0900. The molecule has 2 N–H and O–H groups in total. The van der Waals surface area contributed by atoms with Crippen molar-refractivity contribution in [3.63, 3.8) is 0 Å². The van der Waals surface area contributed by atoms with Gasteiger partial charge in [0.15, 0.2) is 0 Å². The van der Waals surface area contributed by atoms with Crippen molar-refractivity contribution in [1.29, 1.82) is 0 Å². The molecule has 0 aliphatic rings. The van der Waals surface area contributed by atoms with Gasteiger partial charge in [-0.15, -0.1) is 24.0 Å². The number of hydrogen-bond donors (Lipinski definition) is 1. The van der Waals surface area contributed by atoms with E-state index in [9.17, 15) is 0 Å². The molecule has 1 nitrogen and oxygen atoms in total. The smallest absolute Gasteiger partial charge is 0.0180 e. The van der Waals surface area contributed by atoms with Crippen molar-refractivity contribution in [1.82, 2.24) is 0 Å². The van der Waals surface area contributed by atoms with Crippen molar-refractivity contribution in [2.75, 3.05) is 0 Å². The first kappa shape index (κ1) is 11.9. The molecule has 0 aliphatic heterocycles. The predicted molar refractivity (Wildman–Crippen MR) is 64.0 cm³/mol. The fourth-order valence-electron chi connectivity index (χ4n) is 1.23. The molecule has 0 spiro atoms. The molecule has 1 aromatic rings. The molecular formula is C10H16IN. The van der Waals surface area contributed by atoms with E-state index in [1.54, 1.807) is 0 Å². The maximum atomic E-state index is 5.57. The predicted octanol–water partition coefficient (Wildman–Crippen LogP) is 2.69. The summed E-state index contributed by atoms with van der Waals surface area (Å²) >= 11 is 0. The highest BCUT2D eigenvalue weighted by Crippen LogP contribution is 2.15. The lowest BCUT2D eigenvalue weighted by atomic mass is 9.99. The van der Waals surface area contributed by atoms with Gasteiger partial charge < -0.3 is 5.73 Å². The van der Waals surface area contributed by atoms with E-state index in [0.29, 0.717) is 6.54 Å². The summed E-state index contributed by atoms with van der Waals surface area (Å²) in [6.07, 6.45) is 0. The van der Waals surface area contributed by atoms with E-state index in [2.05, 4.69) is 32.9 Å². The molecule has 1 rings (SSSR count). The van der Waals surface area contributed by atoms with Crippen LogP contribution in [0.25, 0.3) is 0 Å². The number of nitrogens with two attached hydrogens (primary N) is 1. The Labute approximate surface area is 91.4 Å². The third kappa shape index (κ3) is 2.20. The van der Waals surface area contributed by atoms with Crippen molar-refractivity contribution in [3.8, 4) is 0 Å². The van der Waals surface area contributed by atoms with Crippen LogP contribution in [0.3, 0.4) is 0 Å². The van der Waals surface area contributed by atoms with Gasteiger partial charge in [0, 0.05) is 6.54 Å². The van der Waals surface area contributed by atoms with Gasteiger partial charge in [-0.05, 0) is 43.0 Å². The van der Waals surface area contributed by atoms with Crippen LogP contribution in [0.4, 0.5) is 0 Å². The van der Waals surface area contributed by atoms with E-state index >= 15 is 0 Å². The van der Waals surface area contributed by atoms with Crippen molar-refractivity contribution < 1.29 is 0 Å². The van der Waals surface area contributed by atoms with Gasteiger partial charge >= 0.3 is 0 Å². The normalized spacial score (nSPS) is 9.33. The van der Waals surface area contributed by atoms with E-state index in [4.69, 9.17) is 5.73 Å². The molecule has 0 amide bonds. The molecule has 2 heteroatoms. The number of aryl methyl sites for hydroxylation is 1. The van der Waals surface area contributed by atoms with Gasteiger partial charge in [-0.1, -0.05) is 12.1 Å². The summed E-state index contributed by atoms with van der Waals surface area (Å²) in [6, 6.07) is 4.24. The summed E-state index contributed by atoms with van der Waals surface area (Å²) < 4.78 is 0. The molecule has 68 valence electrons. The SMILES string of the molecule is Cc1ccc(CN)c(C)c1C.I. The van der Waals surface area contributed by atoms with Gasteiger partial charge in [-0.25, -0.2) is 0 Å². The zero-order chi connectivity index (χ0) is 8.43. The van der Waals surface area contributed by atoms with Crippen LogP contribution in [0.5, 0.6) is 0 Å². The van der Waals surface area contributed by atoms with Crippen molar-refractivity contribution >= 4 is 24.0 Å². The molecular weight excluding hydrogens is 261 g/mol. The quantitative estimate of drug-likeness (QED) is 0.785.